The van der Waals surface area contributed by atoms with Crippen molar-refractivity contribution in [1.29, 1.82) is 0 Å². The molecule has 0 unspecified atom stereocenters. The first kappa shape index (κ1) is 10.4. The summed E-state index contributed by atoms with van der Waals surface area (Å²) in [5.41, 5.74) is 8.25. The highest BCUT2D eigenvalue weighted by atomic mass is 16.4. The topological polar surface area (TPSA) is 96.9 Å². The molecule has 0 aliphatic heterocycles. The molecule has 0 spiro atoms. The number of nitrogen functional groups attached to an aromatic ring is 1. The van der Waals surface area contributed by atoms with E-state index in [1.54, 1.807) is 24.3 Å². The lowest BCUT2D eigenvalue weighted by molar-refractivity contribution is 0.197. The van der Waals surface area contributed by atoms with Crippen LogP contribution in [0.4, 0.5) is 10.5 Å². The van der Waals surface area contributed by atoms with Gasteiger partial charge < -0.3 is 10.8 Å². The van der Waals surface area contributed by atoms with Gasteiger partial charge in [0.2, 0.25) is 0 Å². The third-order valence-corrected chi connectivity index (χ3v) is 2.78. The molecule has 3 rings (SSSR count). The molecule has 0 aliphatic carbocycles. The van der Waals surface area contributed by atoms with Gasteiger partial charge in [-0.3, -0.25) is 9.67 Å². The molecule has 2 aromatic heterocycles. The highest BCUT2D eigenvalue weighted by Crippen LogP contribution is 2.27. The molecule has 0 atom stereocenters. The van der Waals surface area contributed by atoms with E-state index < -0.39 is 6.09 Å². The average molecular weight is 242 g/mol. The summed E-state index contributed by atoms with van der Waals surface area (Å²) in [6, 6.07) is 8.71. The van der Waals surface area contributed by atoms with E-state index in [0.717, 1.165) is 15.5 Å². The number of nitrogens with two attached hydrogens (primary N) is 1. The third kappa shape index (κ3) is 1.43. The predicted molar refractivity (Wildman–Crippen MR) is 67.4 cm³/mol. The molecule has 0 amide bonds. The van der Waals surface area contributed by atoms with Crippen molar-refractivity contribution in [3.05, 3.63) is 36.5 Å². The zero-order chi connectivity index (χ0) is 12.7. The fourth-order valence-electron chi connectivity index (χ4n) is 1.97. The molecule has 6 nitrogen and oxygen atoms in total. The summed E-state index contributed by atoms with van der Waals surface area (Å²) >= 11 is 0. The molecular weight excluding hydrogens is 232 g/mol. The number of aromatic amines is 1. The van der Waals surface area contributed by atoms with Crippen LogP contribution < -0.4 is 5.73 Å². The maximum atomic E-state index is 11.1. The first-order valence-electron chi connectivity index (χ1n) is 5.31. The molecular formula is C12H10N4O2. The first-order valence-corrected chi connectivity index (χ1v) is 5.31. The number of rotatable bonds is 1. The molecule has 0 aliphatic rings. The van der Waals surface area contributed by atoms with Crippen LogP contribution in [-0.2, 0) is 0 Å². The van der Waals surface area contributed by atoms with Gasteiger partial charge in [0, 0.05) is 17.3 Å². The second-order valence-electron chi connectivity index (χ2n) is 3.92. The van der Waals surface area contributed by atoms with Gasteiger partial charge in [-0.1, -0.05) is 0 Å². The maximum absolute atomic E-state index is 11.1. The number of hydrogen-bond acceptors (Lipinski definition) is 3. The van der Waals surface area contributed by atoms with E-state index in [1.807, 2.05) is 6.07 Å². The molecule has 18 heavy (non-hydrogen) atoms. The van der Waals surface area contributed by atoms with Crippen LogP contribution in [0.15, 0.2) is 36.5 Å². The summed E-state index contributed by atoms with van der Waals surface area (Å²) in [6.45, 7) is 0. The normalized spacial score (nSPS) is 10.9. The fraction of sp³-hybridized carbons (Fsp3) is 0. The Kier molecular flexibility index (Phi) is 2.09. The Morgan fingerprint density at radius 2 is 2.22 bits per heavy atom. The molecule has 0 radical (unpaired) electrons. The second kappa shape index (κ2) is 3.63. The minimum absolute atomic E-state index is 0.513. The molecule has 2 heterocycles. The van der Waals surface area contributed by atoms with Crippen LogP contribution >= 0.6 is 0 Å². The van der Waals surface area contributed by atoms with Crippen molar-refractivity contribution in [1.82, 2.24) is 14.8 Å². The van der Waals surface area contributed by atoms with E-state index in [4.69, 9.17) is 10.8 Å². The Morgan fingerprint density at radius 1 is 1.39 bits per heavy atom. The number of anilines is 1. The summed E-state index contributed by atoms with van der Waals surface area (Å²) < 4.78 is 1.12. The smallest absolute Gasteiger partial charge is 0.416 e. The summed E-state index contributed by atoms with van der Waals surface area (Å²) in [6.07, 6.45) is 0.430. The Labute approximate surface area is 102 Å². The molecule has 1 aromatic carbocycles. The molecule has 90 valence electrons. The van der Waals surface area contributed by atoms with Crippen LogP contribution in [0.2, 0.25) is 0 Å². The van der Waals surface area contributed by atoms with Gasteiger partial charge in [-0.2, -0.15) is 5.10 Å². The fourth-order valence-corrected chi connectivity index (χ4v) is 1.97. The number of hydrogen-bond donors (Lipinski definition) is 3. The van der Waals surface area contributed by atoms with Crippen LogP contribution in [-0.4, -0.2) is 26.0 Å². The Bertz CT molecular complexity index is 741. The standard InChI is InChI=1S/C12H10N4O2/c13-7-3-4-9-8(6-7)11(15-14-9)10-2-1-5-16(10)12(17)18/h1-6H,13H2,(H,14,15)(H,17,18). The lowest BCUT2D eigenvalue weighted by atomic mass is 10.1. The van der Waals surface area contributed by atoms with E-state index in [-0.39, 0.29) is 0 Å². The Balaban J connectivity index is 2.28. The minimum Gasteiger partial charge on any atom is -0.464 e. The van der Waals surface area contributed by atoms with E-state index in [2.05, 4.69) is 10.2 Å². The molecule has 3 aromatic rings. The molecule has 6 heteroatoms. The number of H-pyrrole nitrogens is 1. The highest BCUT2D eigenvalue weighted by Gasteiger charge is 2.14. The van der Waals surface area contributed by atoms with Gasteiger partial charge >= 0.3 is 6.09 Å². The summed E-state index contributed by atoms with van der Waals surface area (Å²) in [4.78, 5) is 11.1. The van der Waals surface area contributed by atoms with Crippen LogP contribution in [0, 0.1) is 0 Å². The highest BCUT2D eigenvalue weighted by molar-refractivity contribution is 5.95. The summed E-state index contributed by atoms with van der Waals surface area (Å²) in [7, 11) is 0. The van der Waals surface area contributed by atoms with Crippen molar-refractivity contribution in [2.24, 2.45) is 0 Å². The van der Waals surface area contributed by atoms with Crippen molar-refractivity contribution < 1.29 is 9.90 Å². The van der Waals surface area contributed by atoms with Crippen molar-refractivity contribution >= 4 is 22.7 Å². The number of carbonyl (C=O) groups is 1. The molecule has 4 N–H and O–H groups in total. The van der Waals surface area contributed by atoms with E-state index in [1.165, 1.54) is 6.20 Å². The van der Waals surface area contributed by atoms with Crippen LogP contribution in [0.25, 0.3) is 22.3 Å². The number of nitrogens with one attached hydrogen (secondary N) is 1. The zero-order valence-corrected chi connectivity index (χ0v) is 9.29. The monoisotopic (exact) mass is 242 g/mol. The van der Waals surface area contributed by atoms with E-state index in [0.29, 0.717) is 17.1 Å². The van der Waals surface area contributed by atoms with Crippen LogP contribution in [0.1, 0.15) is 0 Å². The van der Waals surface area contributed by atoms with Gasteiger partial charge in [-0.25, -0.2) is 4.79 Å². The lowest BCUT2D eigenvalue weighted by Gasteiger charge is -2.01. The van der Waals surface area contributed by atoms with Gasteiger partial charge in [0.25, 0.3) is 0 Å². The van der Waals surface area contributed by atoms with Crippen LogP contribution in [0.5, 0.6) is 0 Å². The van der Waals surface area contributed by atoms with Gasteiger partial charge in [0.1, 0.15) is 5.69 Å². The van der Waals surface area contributed by atoms with E-state index in [9.17, 15) is 4.79 Å². The molecule has 0 bridgehead atoms. The molecule has 0 saturated carbocycles. The minimum atomic E-state index is -1.05. The van der Waals surface area contributed by atoms with Crippen molar-refractivity contribution in [3.63, 3.8) is 0 Å². The molecule has 0 fully saturated rings. The third-order valence-electron chi connectivity index (χ3n) is 2.78. The molecule has 0 saturated heterocycles. The van der Waals surface area contributed by atoms with Gasteiger partial charge in [0.15, 0.2) is 0 Å². The average Bonchev–Trinajstić information content (AvgIpc) is 2.92. The number of fused-ring (bicyclic) bond motifs is 1. The van der Waals surface area contributed by atoms with Crippen LogP contribution in [0.3, 0.4) is 0 Å². The quantitative estimate of drug-likeness (QED) is 0.569. The Hall–Kier alpha value is -2.76. The number of carboxylic acid groups (broad SMARTS) is 1. The second-order valence-corrected chi connectivity index (χ2v) is 3.92. The van der Waals surface area contributed by atoms with Crippen molar-refractivity contribution in [3.8, 4) is 11.4 Å². The first-order chi connectivity index (χ1) is 8.66. The Morgan fingerprint density at radius 3 is 3.00 bits per heavy atom. The largest absolute Gasteiger partial charge is 0.464 e. The number of benzene rings is 1. The van der Waals surface area contributed by atoms with E-state index >= 15 is 0 Å². The van der Waals surface area contributed by atoms with Gasteiger partial charge in [-0.15, -0.1) is 0 Å². The van der Waals surface area contributed by atoms with Crippen molar-refractivity contribution in [2.45, 2.75) is 0 Å². The van der Waals surface area contributed by atoms with Gasteiger partial charge in [0.05, 0.1) is 11.2 Å². The maximum Gasteiger partial charge on any atom is 0.416 e. The van der Waals surface area contributed by atoms with Gasteiger partial charge in [-0.05, 0) is 30.3 Å². The number of aromatic nitrogens is 3. The van der Waals surface area contributed by atoms with Crippen molar-refractivity contribution in [2.75, 3.05) is 5.73 Å². The predicted octanol–water partition coefficient (Wildman–Crippen LogP) is 2.14. The summed E-state index contributed by atoms with van der Waals surface area (Å²) in [5, 5.41) is 16.9. The lowest BCUT2D eigenvalue weighted by Crippen LogP contribution is -2.07. The summed E-state index contributed by atoms with van der Waals surface area (Å²) in [5.74, 6) is 0. The SMILES string of the molecule is Nc1ccc2[nH]nc(-c3cccn3C(=O)O)c2c1. The zero-order valence-electron chi connectivity index (χ0n) is 9.29. The number of nitrogens with zero attached hydrogens (tertiary/aromatic N) is 2.